The van der Waals surface area contributed by atoms with Gasteiger partial charge in [-0.3, -0.25) is 25.0 Å². The summed E-state index contributed by atoms with van der Waals surface area (Å²) < 4.78 is 46.9. The fourth-order valence-electron chi connectivity index (χ4n) is 4.24. The Kier molecular flexibility index (Phi) is 8.22. The number of ether oxygens (including phenoxy) is 1. The van der Waals surface area contributed by atoms with Crippen molar-refractivity contribution in [3.63, 3.8) is 0 Å². The van der Waals surface area contributed by atoms with Gasteiger partial charge in [0.05, 0.1) is 37.0 Å². The van der Waals surface area contributed by atoms with E-state index in [0.29, 0.717) is 5.56 Å². The molecule has 5 rings (SSSR count). The highest BCUT2D eigenvalue weighted by atomic mass is 79.9. The summed E-state index contributed by atoms with van der Waals surface area (Å²) in [6, 6.07) is 18.6. The van der Waals surface area contributed by atoms with Crippen LogP contribution in [0.15, 0.2) is 99.3 Å². The molecule has 0 saturated carbocycles. The molecule has 0 bridgehead atoms. The first kappa shape index (κ1) is 30.0. The van der Waals surface area contributed by atoms with Gasteiger partial charge in [0.2, 0.25) is 5.75 Å². The number of rotatable bonds is 8. The zero-order valence-electron chi connectivity index (χ0n) is 22.1. The zero-order valence-corrected chi connectivity index (χ0v) is 23.7. The van der Waals surface area contributed by atoms with Gasteiger partial charge < -0.3 is 4.74 Å². The van der Waals surface area contributed by atoms with E-state index in [1.165, 1.54) is 48.5 Å². The van der Waals surface area contributed by atoms with Gasteiger partial charge in [0.15, 0.2) is 5.82 Å². The Labute approximate surface area is 253 Å². The highest BCUT2D eigenvalue weighted by Crippen LogP contribution is 2.37. The Balaban J connectivity index is 1.55. The van der Waals surface area contributed by atoms with Gasteiger partial charge in [0.25, 0.3) is 11.2 Å². The smallest absolute Gasteiger partial charge is 0.416 e. The quantitative estimate of drug-likeness (QED) is 0.0973. The third-order valence-electron chi connectivity index (χ3n) is 6.27. The van der Waals surface area contributed by atoms with Crippen molar-refractivity contribution in [3.05, 3.63) is 137 Å². The van der Waals surface area contributed by atoms with Gasteiger partial charge in [-0.15, -0.1) is 0 Å². The first-order chi connectivity index (χ1) is 20.9. The van der Waals surface area contributed by atoms with E-state index in [1.807, 2.05) is 0 Å². The molecule has 0 amide bonds. The number of nitro benzene ring substituents is 2. The fourth-order valence-corrected chi connectivity index (χ4v) is 4.83. The minimum absolute atomic E-state index is 0.0307. The van der Waals surface area contributed by atoms with Crippen LogP contribution < -0.4 is 10.3 Å². The van der Waals surface area contributed by atoms with Crippen LogP contribution in [0.5, 0.6) is 5.75 Å². The number of aromatic nitrogens is 2. The second-order valence-electron chi connectivity index (χ2n) is 9.22. The number of hydrogen-bond donors (Lipinski definition) is 0. The van der Waals surface area contributed by atoms with E-state index in [0.717, 1.165) is 29.1 Å². The van der Waals surface area contributed by atoms with Crippen molar-refractivity contribution in [2.75, 3.05) is 0 Å². The Morgan fingerprint density at radius 3 is 2.43 bits per heavy atom. The van der Waals surface area contributed by atoms with Crippen LogP contribution in [0.3, 0.4) is 0 Å². The van der Waals surface area contributed by atoms with E-state index >= 15 is 0 Å². The summed E-state index contributed by atoms with van der Waals surface area (Å²) in [5, 5.41) is 27.3. The summed E-state index contributed by atoms with van der Waals surface area (Å²) in [5.41, 5.74) is -1.53. The number of fused-ring (bicyclic) bond motifs is 1. The van der Waals surface area contributed by atoms with Crippen LogP contribution in [0.2, 0.25) is 0 Å². The summed E-state index contributed by atoms with van der Waals surface area (Å²) in [4.78, 5) is 39.5. The zero-order chi connectivity index (χ0) is 31.6. The molecular formula is C29H17BrF3N5O6. The van der Waals surface area contributed by atoms with Gasteiger partial charge in [-0.25, -0.2) is 4.98 Å². The van der Waals surface area contributed by atoms with Crippen molar-refractivity contribution >= 4 is 44.4 Å². The van der Waals surface area contributed by atoms with Crippen molar-refractivity contribution < 1.29 is 27.8 Å². The number of non-ortho nitro benzene ring substituents is 1. The second kappa shape index (κ2) is 12.0. The molecule has 0 N–H and O–H groups in total. The van der Waals surface area contributed by atoms with E-state index in [1.54, 1.807) is 18.2 Å². The summed E-state index contributed by atoms with van der Waals surface area (Å²) in [7, 11) is 0. The van der Waals surface area contributed by atoms with E-state index in [2.05, 4.69) is 26.0 Å². The molecule has 0 radical (unpaired) electrons. The highest BCUT2D eigenvalue weighted by Gasteiger charge is 2.31. The minimum atomic E-state index is -4.65. The predicted molar refractivity (Wildman–Crippen MR) is 158 cm³/mol. The van der Waals surface area contributed by atoms with E-state index in [4.69, 9.17) is 4.74 Å². The van der Waals surface area contributed by atoms with Gasteiger partial charge in [-0.1, -0.05) is 36.4 Å². The topological polar surface area (TPSA) is 143 Å². The molecule has 0 unspecified atom stereocenters. The number of nitrogens with zero attached hydrogens (tertiary/aromatic N) is 5. The Morgan fingerprint density at radius 2 is 1.70 bits per heavy atom. The summed E-state index contributed by atoms with van der Waals surface area (Å²) in [6.45, 7) is -0.215. The van der Waals surface area contributed by atoms with Gasteiger partial charge >= 0.3 is 11.9 Å². The SMILES string of the molecule is O=c1c2ccccc2nc(-c2cccc(C(F)(F)F)c2)n1N=Cc1cc(Br)c(OCc2cccc([N+](=O)[O-])c2)c([N+](=O)[O-])c1. The molecule has 0 saturated heterocycles. The maximum atomic E-state index is 13.4. The first-order valence-electron chi connectivity index (χ1n) is 12.5. The number of benzene rings is 4. The van der Waals surface area contributed by atoms with E-state index in [9.17, 15) is 38.2 Å². The Bertz CT molecular complexity index is 2030. The third kappa shape index (κ3) is 6.32. The van der Waals surface area contributed by atoms with Gasteiger partial charge in [0, 0.05) is 29.3 Å². The average Bonchev–Trinajstić information content (AvgIpc) is 2.99. The summed E-state index contributed by atoms with van der Waals surface area (Å²) >= 11 is 3.24. The normalized spacial score (nSPS) is 11.6. The molecule has 1 heterocycles. The number of alkyl halides is 3. The van der Waals surface area contributed by atoms with Crippen LogP contribution in [0, 0.1) is 20.2 Å². The molecule has 0 aliphatic carbocycles. The van der Waals surface area contributed by atoms with Crippen molar-refractivity contribution in [2.45, 2.75) is 12.8 Å². The number of para-hydroxylation sites is 1. The molecule has 5 aromatic rings. The Morgan fingerprint density at radius 1 is 0.955 bits per heavy atom. The Hall–Kier alpha value is -5.44. The number of hydrogen-bond acceptors (Lipinski definition) is 8. The van der Waals surface area contributed by atoms with E-state index < -0.39 is 32.8 Å². The maximum absolute atomic E-state index is 13.4. The van der Waals surface area contributed by atoms with Gasteiger partial charge in [0.1, 0.15) is 6.61 Å². The molecule has 11 nitrogen and oxygen atoms in total. The number of nitro groups is 2. The first-order valence-corrected chi connectivity index (χ1v) is 13.3. The molecule has 0 atom stereocenters. The lowest BCUT2D eigenvalue weighted by molar-refractivity contribution is -0.386. The molecular weight excluding hydrogens is 651 g/mol. The van der Waals surface area contributed by atoms with E-state index in [-0.39, 0.29) is 50.4 Å². The molecule has 0 fully saturated rings. The summed E-state index contributed by atoms with van der Waals surface area (Å²) in [6.07, 6.45) is -3.53. The summed E-state index contributed by atoms with van der Waals surface area (Å²) in [5.74, 6) is -0.339. The molecule has 1 aromatic heterocycles. The molecule has 44 heavy (non-hydrogen) atoms. The lowest BCUT2D eigenvalue weighted by Gasteiger charge is -2.12. The standard InChI is InChI=1S/C29H17BrF3N5O6/c30-23-12-18(13-25(38(42)43)26(23)44-16-17-5-3-8-21(11-17)37(40)41)15-34-36-27(19-6-4-7-20(14-19)29(31,32)33)35-24-10-2-1-9-22(24)28(36)39/h1-15H,16H2. The minimum Gasteiger partial charge on any atom is -0.481 e. The van der Waals surface area contributed by atoms with Crippen LogP contribution >= 0.6 is 15.9 Å². The molecule has 15 heteroatoms. The molecule has 0 aliphatic heterocycles. The monoisotopic (exact) mass is 667 g/mol. The van der Waals surface area contributed by atoms with Crippen molar-refractivity contribution in [1.82, 2.24) is 9.66 Å². The lowest BCUT2D eigenvalue weighted by Crippen LogP contribution is -2.20. The predicted octanol–water partition coefficient (Wildman–Crippen LogP) is 7.12. The van der Waals surface area contributed by atoms with Gasteiger partial charge in [-0.2, -0.15) is 22.9 Å². The molecule has 4 aromatic carbocycles. The van der Waals surface area contributed by atoms with Crippen molar-refractivity contribution in [2.24, 2.45) is 5.10 Å². The van der Waals surface area contributed by atoms with Crippen LogP contribution in [0.4, 0.5) is 24.5 Å². The average molecular weight is 668 g/mol. The number of halogens is 4. The lowest BCUT2D eigenvalue weighted by atomic mass is 10.1. The third-order valence-corrected chi connectivity index (χ3v) is 6.86. The highest BCUT2D eigenvalue weighted by molar-refractivity contribution is 9.10. The van der Waals surface area contributed by atoms with Gasteiger partial charge in [-0.05, 0) is 51.8 Å². The van der Waals surface area contributed by atoms with Crippen molar-refractivity contribution in [1.29, 1.82) is 0 Å². The molecule has 0 spiro atoms. The van der Waals surface area contributed by atoms with Crippen LogP contribution in [0.25, 0.3) is 22.3 Å². The van der Waals surface area contributed by atoms with Crippen molar-refractivity contribution in [3.8, 4) is 17.1 Å². The van der Waals surface area contributed by atoms with Crippen LogP contribution in [-0.4, -0.2) is 25.7 Å². The largest absolute Gasteiger partial charge is 0.481 e. The van der Waals surface area contributed by atoms with Crippen LogP contribution in [-0.2, 0) is 12.8 Å². The molecule has 0 aliphatic rings. The molecule has 222 valence electrons. The second-order valence-corrected chi connectivity index (χ2v) is 10.1. The van der Waals surface area contributed by atoms with Crippen LogP contribution in [0.1, 0.15) is 16.7 Å². The fraction of sp³-hybridized carbons (Fsp3) is 0.0690. The maximum Gasteiger partial charge on any atom is 0.416 e.